The first-order chi connectivity index (χ1) is 9.24. The SMILES string of the molecule is NC(=O)C1CCN(CCc2c[nH]c3ccccc23)C1. The molecule has 4 heteroatoms. The Morgan fingerprint density at radius 3 is 3.05 bits per heavy atom. The summed E-state index contributed by atoms with van der Waals surface area (Å²) in [6, 6.07) is 8.36. The van der Waals surface area contributed by atoms with E-state index in [1.807, 2.05) is 6.07 Å². The molecule has 19 heavy (non-hydrogen) atoms. The van der Waals surface area contributed by atoms with E-state index in [2.05, 4.69) is 34.3 Å². The van der Waals surface area contributed by atoms with Gasteiger partial charge in [-0.25, -0.2) is 0 Å². The van der Waals surface area contributed by atoms with Crippen LogP contribution in [0.4, 0.5) is 0 Å². The monoisotopic (exact) mass is 257 g/mol. The summed E-state index contributed by atoms with van der Waals surface area (Å²) in [4.78, 5) is 16.8. The minimum absolute atomic E-state index is 0.0444. The molecule has 100 valence electrons. The van der Waals surface area contributed by atoms with Gasteiger partial charge in [0.15, 0.2) is 0 Å². The van der Waals surface area contributed by atoms with Crippen molar-refractivity contribution in [2.45, 2.75) is 12.8 Å². The van der Waals surface area contributed by atoms with E-state index in [-0.39, 0.29) is 11.8 Å². The molecular weight excluding hydrogens is 238 g/mol. The predicted molar refractivity (Wildman–Crippen MR) is 75.7 cm³/mol. The van der Waals surface area contributed by atoms with Gasteiger partial charge in [-0.1, -0.05) is 18.2 Å². The molecule has 1 unspecified atom stereocenters. The molecular formula is C15H19N3O. The van der Waals surface area contributed by atoms with E-state index in [4.69, 9.17) is 5.73 Å². The van der Waals surface area contributed by atoms with Crippen molar-refractivity contribution in [2.24, 2.45) is 11.7 Å². The van der Waals surface area contributed by atoms with Crippen molar-refractivity contribution < 1.29 is 4.79 Å². The maximum absolute atomic E-state index is 11.1. The van der Waals surface area contributed by atoms with Gasteiger partial charge in [-0.2, -0.15) is 0 Å². The van der Waals surface area contributed by atoms with Crippen LogP contribution in [0.2, 0.25) is 0 Å². The van der Waals surface area contributed by atoms with E-state index in [1.165, 1.54) is 16.5 Å². The summed E-state index contributed by atoms with van der Waals surface area (Å²) in [7, 11) is 0. The number of likely N-dealkylation sites (tertiary alicyclic amines) is 1. The second-order valence-corrected chi connectivity index (χ2v) is 5.30. The number of hydrogen-bond acceptors (Lipinski definition) is 2. The second-order valence-electron chi connectivity index (χ2n) is 5.30. The van der Waals surface area contributed by atoms with Crippen LogP contribution in [0.3, 0.4) is 0 Å². The molecule has 0 radical (unpaired) electrons. The number of benzene rings is 1. The Balaban J connectivity index is 1.62. The van der Waals surface area contributed by atoms with Crippen LogP contribution in [0, 0.1) is 5.92 Å². The van der Waals surface area contributed by atoms with Crippen LogP contribution in [0.25, 0.3) is 10.9 Å². The average molecular weight is 257 g/mol. The molecule has 0 bridgehead atoms. The fourth-order valence-corrected chi connectivity index (χ4v) is 2.88. The van der Waals surface area contributed by atoms with Crippen LogP contribution in [-0.2, 0) is 11.2 Å². The van der Waals surface area contributed by atoms with Crippen molar-refractivity contribution in [1.29, 1.82) is 0 Å². The predicted octanol–water partition coefficient (Wildman–Crippen LogP) is 1.52. The fourth-order valence-electron chi connectivity index (χ4n) is 2.88. The number of carbonyl (C=O) groups excluding carboxylic acids is 1. The quantitative estimate of drug-likeness (QED) is 0.872. The minimum Gasteiger partial charge on any atom is -0.369 e. The van der Waals surface area contributed by atoms with E-state index in [0.29, 0.717) is 0 Å². The van der Waals surface area contributed by atoms with Crippen molar-refractivity contribution in [3.05, 3.63) is 36.0 Å². The highest BCUT2D eigenvalue weighted by Gasteiger charge is 2.26. The molecule has 3 rings (SSSR count). The number of fused-ring (bicyclic) bond motifs is 1. The van der Waals surface area contributed by atoms with E-state index in [9.17, 15) is 4.79 Å². The van der Waals surface area contributed by atoms with E-state index >= 15 is 0 Å². The third-order valence-electron chi connectivity index (χ3n) is 4.05. The van der Waals surface area contributed by atoms with Crippen molar-refractivity contribution in [3.63, 3.8) is 0 Å². The number of rotatable bonds is 4. The van der Waals surface area contributed by atoms with E-state index < -0.39 is 0 Å². The molecule has 1 atom stereocenters. The van der Waals surface area contributed by atoms with Gasteiger partial charge in [-0.05, 0) is 31.0 Å². The third-order valence-corrected chi connectivity index (χ3v) is 4.05. The van der Waals surface area contributed by atoms with Gasteiger partial charge in [0.2, 0.25) is 5.91 Å². The molecule has 4 nitrogen and oxygen atoms in total. The fraction of sp³-hybridized carbons (Fsp3) is 0.400. The van der Waals surface area contributed by atoms with Gasteiger partial charge < -0.3 is 15.6 Å². The molecule has 2 heterocycles. The highest BCUT2D eigenvalue weighted by atomic mass is 16.1. The number of primary amides is 1. The van der Waals surface area contributed by atoms with Gasteiger partial charge in [0.1, 0.15) is 0 Å². The number of hydrogen-bond donors (Lipinski definition) is 2. The number of aromatic amines is 1. The molecule has 1 fully saturated rings. The summed E-state index contributed by atoms with van der Waals surface area (Å²) in [5.74, 6) is -0.113. The summed E-state index contributed by atoms with van der Waals surface area (Å²) >= 11 is 0. The maximum atomic E-state index is 11.1. The molecule has 1 saturated heterocycles. The zero-order valence-electron chi connectivity index (χ0n) is 10.9. The summed E-state index contributed by atoms with van der Waals surface area (Å²) in [6.45, 7) is 2.79. The Hall–Kier alpha value is -1.81. The van der Waals surface area contributed by atoms with Gasteiger partial charge in [0.05, 0.1) is 5.92 Å². The lowest BCUT2D eigenvalue weighted by atomic mass is 10.1. The molecule has 0 spiro atoms. The van der Waals surface area contributed by atoms with Crippen LogP contribution in [-0.4, -0.2) is 35.4 Å². The molecule has 0 saturated carbocycles. The maximum Gasteiger partial charge on any atom is 0.221 e. The number of H-pyrrole nitrogens is 1. The highest BCUT2D eigenvalue weighted by Crippen LogP contribution is 2.20. The van der Waals surface area contributed by atoms with Crippen molar-refractivity contribution in [1.82, 2.24) is 9.88 Å². The van der Waals surface area contributed by atoms with Gasteiger partial charge in [-0.15, -0.1) is 0 Å². The van der Waals surface area contributed by atoms with E-state index in [1.54, 1.807) is 0 Å². The largest absolute Gasteiger partial charge is 0.369 e. The number of aromatic nitrogens is 1. The Kier molecular flexibility index (Phi) is 3.25. The van der Waals surface area contributed by atoms with Crippen LogP contribution in [0.15, 0.2) is 30.5 Å². The molecule has 1 amide bonds. The summed E-state index contributed by atoms with van der Waals surface area (Å²) < 4.78 is 0. The van der Waals surface area contributed by atoms with Gasteiger partial charge >= 0.3 is 0 Å². The van der Waals surface area contributed by atoms with Crippen molar-refractivity contribution in [3.8, 4) is 0 Å². The van der Waals surface area contributed by atoms with Crippen LogP contribution < -0.4 is 5.73 Å². The second kappa shape index (κ2) is 5.05. The lowest BCUT2D eigenvalue weighted by Crippen LogP contribution is -2.28. The average Bonchev–Trinajstić information content (AvgIpc) is 3.03. The first-order valence-electron chi connectivity index (χ1n) is 6.80. The number of amides is 1. The standard InChI is InChI=1S/C15H19N3O/c16-15(19)12-6-8-18(10-12)7-5-11-9-17-14-4-2-1-3-13(11)14/h1-4,9,12,17H,5-8,10H2,(H2,16,19). The van der Waals surface area contributed by atoms with Crippen molar-refractivity contribution in [2.75, 3.05) is 19.6 Å². The lowest BCUT2D eigenvalue weighted by molar-refractivity contribution is -0.121. The lowest BCUT2D eigenvalue weighted by Gasteiger charge is -2.14. The van der Waals surface area contributed by atoms with Crippen molar-refractivity contribution >= 4 is 16.8 Å². The number of para-hydroxylation sites is 1. The molecule has 1 aromatic carbocycles. The highest BCUT2D eigenvalue weighted by molar-refractivity contribution is 5.83. The summed E-state index contributed by atoms with van der Waals surface area (Å²) in [5.41, 5.74) is 7.89. The summed E-state index contributed by atoms with van der Waals surface area (Å²) in [5, 5.41) is 1.30. The molecule has 1 aliphatic heterocycles. The topological polar surface area (TPSA) is 62.1 Å². The number of nitrogens with two attached hydrogens (primary N) is 1. The Morgan fingerprint density at radius 2 is 2.26 bits per heavy atom. The van der Waals surface area contributed by atoms with Gasteiger partial charge in [0.25, 0.3) is 0 Å². The van der Waals surface area contributed by atoms with Gasteiger partial charge in [-0.3, -0.25) is 4.79 Å². The van der Waals surface area contributed by atoms with Gasteiger partial charge in [0, 0.05) is 30.2 Å². The normalized spacial score (nSPS) is 20.1. The number of carbonyl (C=O) groups is 1. The third kappa shape index (κ3) is 2.49. The summed E-state index contributed by atoms with van der Waals surface area (Å²) in [6.07, 6.45) is 4.00. The first kappa shape index (κ1) is 12.2. The molecule has 2 aromatic rings. The smallest absolute Gasteiger partial charge is 0.221 e. The number of nitrogens with zero attached hydrogens (tertiary/aromatic N) is 1. The number of nitrogens with one attached hydrogen (secondary N) is 1. The Morgan fingerprint density at radius 1 is 1.42 bits per heavy atom. The zero-order valence-corrected chi connectivity index (χ0v) is 10.9. The first-order valence-corrected chi connectivity index (χ1v) is 6.80. The van der Waals surface area contributed by atoms with Crippen LogP contribution in [0.5, 0.6) is 0 Å². The van der Waals surface area contributed by atoms with Crippen LogP contribution in [0.1, 0.15) is 12.0 Å². The molecule has 1 aliphatic rings. The molecule has 3 N–H and O–H groups in total. The Bertz CT molecular complexity index is 590. The van der Waals surface area contributed by atoms with Crippen LogP contribution >= 0.6 is 0 Å². The molecule has 1 aromatic heterocycles. The minimum atomic E-state index is -0.158. The molecule has 0 aliphatic carbocycles. The van der Waals surface area contributed by atoms with E-state index in [0.717, 1.165) is 32.5 Å². The Labute approximate surface area is 112 Å². The zero-order chi connectivity index (χ0) is 13.2.